The maximum atomic E-state index is 13.0. The molecule has 30 heavy (non-hydrogen) atoms. The number of rotatable bonds is 5. The molecular formula is C20H15Br2ClN2O5. The van der Waals surface area contributed by atoms with Crippen molar-refractivity contribution in [2.75, 3.05) is 11.6 Å². The lowest BCUT2D eigenvalue weighted by atomic mass is 10.1. The van der Waals surface area contributed by atoms with E-state index in [1.807, 2.05) is 0 Å². The Morgan fingerprint density at radius 2 is 2.00 bits per heavy atom. The molecule has 0 bridgehead atoms. The average molecular weight is 559 g/mol. The number of hydrazone groups is 1. The molecule has 10 heteroatoms. The fourth-order valence-corrected chi connectivity index (χ4v) is 3.85. The van der Waals surface area contributed by atoms with E-state index in [1.165, 1.54) is 18.2 Å². The Kier molecular flexibility index (Phi) is 6.54. The molecule has 1 heterocycles. The molecule has 1 amide bonds. The molecule has 2 N–H and O–H groups in total. The van der Waals surface area contributed by atoms with Gasteiger partial charge in [0.05, 0.1) is 38.6 Å². The van der Waals surface area contributed by atoms with Gasteiger partial charge in [0.1, 0.15) is 0 Å². The largest absolute Gasteiger partial charge is 0.503 e. The average Bonchev–Trinajstić information content (AvgIpc) is 2.98. The summed E-state index contributed by atoms with van der Waals surface area (Å²) < 4.78 is 6.37. The van der Waals surface area contributed by atoms with Crippen LogP contribution >= 0.6 is 43.5 Å². The second-order valence-electron chi connectivity index (χ2n) is 6.20. The van der Waals surface area contributed by atoms with Crippen molar-refractivity contribution in [3.63, 3.8) is 0 Å². The molecule has 0 aromatic heterocycles. The second-order valence-corrected chi connectivity index (χ2v) is 8.20. The number of ether oxygens (including phenoxy) is 1. The predicted octanol–water partition coefficient (Wildman–Crippen LogP) is 5.47. The number of carbonyl (C=O) groups excluding carboxylic acids is 1. The van der Waals surface area contributed by atoms with Crippen molar-refractivity contribution in [2.45, 2.75) is 13.8 Å². The smallest absolute Gasteiger partial charge is 0.337 e. The molecule has 0 aliphatic carbocycles. The third-order valence-corrected chi connectivity index (χ3v) is 6.75. The van der Waals surface area contributed by atoms with E-state index < -0.39 is 11.9 Å². The Hall–Kier alpha value is -2.36. The SMILES string of the molecule is CCOc1cc(/C=C2/C(=O)N(c3ccc(Cl)c(C(=O)O)c3)N=C2C)c(Br)c(Br)c1O. The third-order valence-electron chi connectivity index (χ3n) is 4.26. The standard InChI is InChI=1S/C20H15Br2ClN2O5/c1-3-30-15-7-10(16(21)17(22)18(15)26)6-12-9(2)24-25(19(12)27)11-4-5-14(23)13(8-11)20(28)29/h4-8,26H,3H2,1-2H3,(H,28,29)/b12-6+. The van der Waals surface area contributed by atoms with E-state index in [9.17, 15) is 19.8 Å². The summed E-state index contributed by atoms with van der Waals surface area (Å²) in [7, 11) is 0. The number of anilines is 1. The van der Waals surface area contributed by atoms with Gasteiger partial charge in [-0.3, -0.25) is 4.79 Å². The summed E-state index contributed by atoms with van der Waals surface area (Å²) in [6.45, 7) is 3.82. The number of phenols is 1. The Morgan fingerprint density at radius 1 is 1.30 bits per heavy atom. The first-order valence-corrected chi connectivity index (χ1v) is 10.6. The van der Waals surface area contributed by atoms with Crippen LogP contribution < -0.4 is 9.75 Å². The monoisotopic (exact) mass is 556 g/mol. The zero-order valence-electron chi connectivity index (χ0n) is 15.7. The number of carboxylic acid groups (broad SMARTS) is 1. The summed E-state index contributed by atoms with van der Waals surface area (Å²) in [6.07, 6.45) is 1.62. The van der Waals surface area contributed by atoms with E-state index in [0.29, 0.717) is 32.4 Å². The number of nitrogens with zero attached hydrogens (tertiary/aromatic N) is 2. The van der Waals surface area contributed by atoms with Crippen LogP contribution in [0, 0.1) is 0 Å². The summed E-state index contributed by atoms with van der Waals surface area (Å²) in [5, 5.41) is 24.9. The van der Waals surface area contributed by atoms with Gasteiger partial charge in [0.2, 0.25) is 0 Å². The Labute approximate surface area is 193 Å². The number of amides is 1. The molecule has 156 valence electrons. The van der Waals surface area contributed by atoms with Gasteiger partial charge in [0, 0.05) is 4.47 Å². The summed E-state index contributed by atoms with van der Waals surface area (Å²) in [5.41, 5.74) is 1.50. The van der Waals surface area contributed by atoms with Gasteiger partial charge in [-0.25, -0.2) is 4.79 Å². The van der Waals surface area contributed by atoms with Crippen molar-refractivity contribution in [2.24, 2.45) is 5.10 Å². The van der Waals surface area contributed by atoms with E-state index in [0.717, 1.165) is 5.01 Å². The third kappa shape index (κ3) is 4.10. The molecular weight excluding hydrogens is 543 g/mol. The van der Waals surface area contributed by atoms with Crippen molar-refractivity contribution in [3.05, 3.63) is 54.9 Å². The van der Waals surface area contributed by atoms with Gasteiger partial charge in [-0.2, -0.15) is 10.1 Å². The van der Waals surface area contributed by atoms with Crippen LogP contribution in [0.3, 0.4) is 0 Å². The number of aromatic hydroxyl groups is 1. The van der Waals surface area contributed by atoms with Crippen molar-refractivity contribution >= 4 is 72.8 Å². The number of aromatic carboxylic acids is 1. The highest BCUT2D eigenvalue weighted by molar-refractivity contribution is 9.13. The molecule has 0 atom stereocenters. The van der Waals surface area contributed by atoms with Gasteiger partial charge >= 0.3 is 5.97 Å². The van der Waals surface area contributed by atoms with Crippen LogP contribution in [-0.2, 0) is 4.79 Å². The molecule has 0 unspecified atom stereocenters. The van der Waals surface area contributed by atoms with E-state index in [2.05, 4.69) is 37.0 Å². The van der Waals surface area contributed by atoms with Crippen LogP contribution in [0.25, 0.3) is 6.08 Å². The van der Waals surface area contributed by atoms with Crippen LogP contribution in [-0.4, -0.2) is 34.4 Å². The summed E-state index contributed by atoms with van der Waals surface area (Å²) in [5.74, 6) is -1.43. The summed E-state index contributed by atoms with van der Waals surface area (Å²) in [6, 6.07) is 5.83. The zero-order chi connectivity index (χ0) is 22.2. The first-order chi connectivity index (χ1) is 14.1. The highest BCUT2D eigenvalue weighted by atomic mass is 79.9. The maximum absolute atomic E-state index is 13.0. The van der Waals surface area contributed by atoms with Gasteiger partial charge in [0.15, 0.2) is 11.5 Å². The Morgan fingerprint density at radius 3 is 2.63 bits per heavy atom. The lowest BCUT2D eigenvalue weighted by Crippen LogP contribution is -2.21. The van der Waals surface area contributed by atoms with Crippen molar-refractivity contribution < 1.29 is 24.5 Å². The van der Waals surface area contributed by atoms with Crippen LogP contribution in [0.15, 0.2) is 43.9 Å². The van der Waals surface area contributed by atoms with Crippen LogP contribution in [0.2, 0.25) is 5.02 Å². The summed E-state index contributed by atoms with van der Waals surface area (Å²) >= 11 is 12.6. The van der Waals surface area contributed by atoms with Crippen LogP contribution in [0.4, 0.5) is 5.69 Å². The molecule has 0 spiro atoms. The molecule has 1 aliphatic heterocycles. The van der Waals surface area contributed by atoms with E-state index in [4.69, 9.17) is 16.3 Å². The minimum Gasteiger partial charge on any atom is -0.503 e. The molecule has 2 aromatic rings. The highest BCUT2D eigenvalue weighted by Crippen LogP contribution is 2.43. The second kappa shape index (κ2) is 8.79. The molecule has 0 saturated heterocycles. The number of hydrogen-bond donors (Lipinski definition) is 2. The van der Waals surface area contributed by atoms with Gasteiger partial charge in [-0.05, 0) is 81.6 Å². The van der Waals surface area contributed by atoms with E-state index in [1.54, 1.807) is 26.0 Å². The number of carboxylic acids is 1. The number of hydrogen-bond acceptors (Lipinski definition) is 5. The van der Waals surface area contributed by atoms with Gasteiger partial charge in [0.25, 0.3) is 5.91 Å². The number of phenolic OH excluding ortho intramolecular Hbond substituents is 1. The number of halogens is 3. The quantitative estimate of drug-likeness (QED) is 0.474. The van der Waals surface area contributed by atoms with Crippen molar-refractivity contribution in [3.8, 4) is 11.5 Å². The minimum atomic E-state index is -1.20. The van der Waals surface area contributed by atoms with E-state index >= 15 is 0 Å². The first kappa shape index (κ1) is 22.3. The van der Waals surface area contributed by atoms with Gasteiger partial charge in [-0.1, -0.05) is 11.6 Å². The van der Waals surface area contributed by atoms with E-state index in [-0.39, 0.29) is 27.8 Å². The topological polar surface area (TPSA) is 99.4 Å². The molecule has 3 rings (SSSR count). The van der Waals surface area contributed by atoms with Gasteiger partial charge in [-0.15, -0.1) is 0 Å². The first-order valence-electron chi connectivity index (χ1n) is 8.64. The molecule has 7 nitrogen and oxygen atoms in total. The van der Waals surface area contributed by atoms with Crippen molar-refractivity contribution in [1.82, 2.24) is 0 Å². The molecule has 1 aliphatic rings. The molecule has 0 radical (unpaired) electrons. The van der Waals surface area contributed by atoms with Crippen LogP contribution in [0.5, 0.6) is 11.5 Å². The zero-order valence-corrected chi connectivity index (χ0v) is 19.7. The highest BCUT2D eigenvalue weighted by Gasteiger charge is 2.30. The Bertz CT molecular complexity index is 1130. The number of carbonyl (C=O) groups is 2. The molecule has 0 fully saturated rings. The maximum Gasteiger partial charge on any atom is 0.337 e. The van der Waals surface area contributed by atoms with Gasteiger partial charge < -0.3 is 14.9 Å². The normalized spacial score (nSPS) is 15.0. The fourth-order valence-electron chi connectivity index (χ4n) is 2.81. The van der Waals surface area contributed by atoms with Crippen molar-refractivity contribution in [1.29, 1.82) is 0 Å². The Balaban J connectivity index is 2.04. The number of benzene rings is 2. The lowest BCUT2D eigenvalue weighted by Gasteiger charge is -2.13. The minimum absolute atomic E-state index is 0.0574. The summed E-state index contributed by atoms with van der Waals surface area (Å²) in [4.78, 5) is 24.4. The predicted molar refractivity (Wildman–Crippen MR) is 122 cm³/mol. The molecule has 0 saturated carbocycles. The van der Waals surface area contributed by atoms with Crippen LogP contribution in [0.1, 0.15) is 29.8 Å². The fraction of sp³-hybridized carbons (Fsp3) is 0.150. The lowest BCUT2D eigenvalue weighted by molar-refractivity contribution is -0.114. The molecule has 2 aromatic carbocycles.